The van der Waals surface area contributed by atoms with E-state index in [1.54, 1.807) is 26.0 Å². The Kier molecular flexibility index (Phi) is 8.06. The first-order chi connectivity index (χ1) is 11.7. The number of aromatic hydroxyl groups is 1. The van der Waals surface area contributed by atoms with Gasteiger partial charge in [-0.25, -0.2) is 4.79 Å². The summed E-state index contributed by atoms with van der Waals surface area (Å²) in [5.74, 6) is -2.34. The molecular formula is C16H23N3O5S. The highest BCUT2D eigenvalue weighted by Gasteiger charge is 2.27. The van der Waals surface area contributed by atoms with E-state index in [-0.39, 0.29) is 24.0 Å². The van der Waals surface area contributed by atoms with Crippen LogP contribution in [-0.2, 0) is 14.4 Å². The van der Waals surface area contributed by atoms with E-state index in [0.29, 0.717) is 5.69 Å². The predicted octanol–water partition coefficient (Wildman–Crippen LogP) is 0.444. The van der Waals surface area contributed by atoms with E-state index < -0.39 is 29.9 Å². The van der Waals surface area contributed by atoms with Gasteiger partial charge in [0.1, 0.15) is 17.8 Å². The van der Waals surface area contributed by atoms with Crippen LogP contribution in [0.2, 0.25) is 0 Å². The van der Waals surface area contributed by atoms with Crippen LogP contribution in [0.25, 0.3) is 0 Å². The highest BCUT2D eigenvalue weighted by molar-refractivity contribution is 7.80. The third-order valence-electron chi connectivity index (χ3n) is 3.39. The molecule has 2 amide bonds. The van der Waals surface area contributed by atoms with Gasteiger partial charge in [0.25, 0.3) is 0 Å². The van der Waals surface area contributed by atoms with Crippen LogP contribution in [0.15, 0.2) is 24.3 Å². The number of hydrogen-bond acceptors (Lipinski definition) is 6. The topological polar surface area (TPSA) is 128 Å². The van der Waals surface area contributed by atoms with Crippen molar-refractivity contribution in [3.63, 3.8) is 0 Å². The van der Waals surface area contributed by atoms with Crippen LogP contribution >= 0.6 is 12.6 Å². The second kappa shape index (κ2) is 9.77. The van der Waals surface area contributed by atoms with Gasteiger partial charge < -0.3 is 26.2 Å². The summed E-state index contributed by atoms with van der Waals surface area (Å²) in [6.45, 7) is 3.26. The van der Waals surface area contributed by atoms with E-state index >= 15 is 0 Å². The number of rotatable bonds is 9. The number of amides is 2. The van der Waals surface area contributed by atoms with Gasteiger partial charge in [-0.05, 0) is 30.2 Å². The Morgan fingerprint density at radius 2 is 1.72 bits per heavy atom. The predicted molar refractivity (Wildman–Crippen MR) is 96.8 cm³/mol. The molecule has 0 radical (unpaired) electrons. The molecule has 8 nitrogen and oxygen atoms in total. The summed E-state index contributed by atoms with van der Waals surface area (Å²) in [5.41, 5.74) is 0.630. The zero-order chi connectivity index (χ0) is 19.0. The van der Waals surface area contributed by atoms with Gasteiger partial charge in [0, 0.05) is 11.4 Å². The maximum absolute atomic E-state index is 12.2. The van der Waals surface area contributed by atoms with Crippen molar-refractivity contribution in [1.82, 2.24) is 10.6 Å². The van der Waals surface area contributed by atoms with Crippen LogP contribution in [0.5, 0.6) is 5.75 Å². The molecule has 0 saturated carbocycles. The monoisotopic (exact) mass is 369 g/mol. The van der Waals surface area contributed by atoms with Crippen LogP contribution in [0.4, 0.5) is 5.69 Å². The average molecular weight is 369 g/mol. The molecule has 5 N–H and O–H groups in total. The highest BCUT2D eigenvalue weighted by atomic mass is 32.1. The van der Waals surface area contributed by atoms with Gasteiger partial charge in [0.2, 0.25) is 11.8 Å². The van der Waals surface area contributed by atoms with E-state index in [2.05, 4.69) is 28.6 Å². The molecule has 1 aromatic carbocycles. The first-order valence-electron chi connectivity index (χ1n) is 7.71. The summed E-state index contributed by atoms with van der Waals surface area (Å²) in [6, 6.07) is 4.17. The standard InChI is InChI=1S/C16H23N3O5S/c1-9(2)14(16(23)24)19-15(22)12(8-25)18-13(21)7-17-10-3-5-11(20)6-4-10/h3-6,9,12,14,17,20,25H,7-8H2,1-2H3,(H,18,21)(H,19,22)(H,23,24). The molecule has 0 fully saturated rings. The number of aliphatic carboxylic acids is 1. The number of anilines is 1. The van der Waals surface area contributed by atoms with Crippen molar-refractivity contribution in [1.29, 1.82) is 0 Å². The minimum Gasteiger partial charge on any atom is -0.508 e. The minimum absolute atomic E-state index is 0.0290. The third kappa shape index (κ3) is 6.92. The Morgan fingerprint density at radius 3 is 2.20 bits per heavy atom. The van der Waals surface area contributed by atoms with Gasteiger partial charge in [-0.3, -0.25) is 9.59 Å². The van der Waals surface area contributed by atoms with Gasteiger partial charge in [-0.15, -0.1) is 0 Å². The molecule has 0 aliphatic carbocycles. The lowest BCUT2D eigenvalue weighted by atomic mass is 10.0. The van der Waals surface area contributed by atoms with E-state index in [1.165, 1.54) is 12.1 Å². The number of nitrogens with one attached hydrogen (secondary N) is 3. The normalized spacial score (nSPS) is 13.0. The highest BCUT2D eigenvalue weighted by Crippen LogP contribution is 2.13. The SMILES string of the molecule is CC(C)C(NC(=O)C(CS)NC(=O)CNc1ccc(O)cc1)C(=O)O. The van der Waals surface area contributed by atoms with Crippen LogP contribution in [0, 0.1) is 5.92 Å². The molecule has 0 heterocycles. The van der Waals surface area contributed by atoms with E-state index in [0.717, 1.165) is 0 Å². The number of carboxylic acids is 1. The molecule has 0 saturated heterocycles. The van der Waals surface area contributed by atoms with Crippen molar-refractivity contribution in [2.75, 3.05) is 17.6 Å². The third-order valence-corrected chi connectivity index (χ3v) is 3.75. The number of carboxylic acid groups (broad SMARTS) is 1. The zero-order valence-electron chi connectivity index (χ0n) is 14.0. The molecule has 1 aromatic rings. The summed E-state index contributed by atoms with van der Waals surface area (Å²) < 4.78 is 0. The molecule has 0 bridgehead atoms. The van der Waals surface area contributed by atoms with Crippen molar-refractivity contribution in [3.05, 3.63) is 24.3 Å². The van der Waals surface area contributed by atoms with Gasteiger partial charge in [0.05, 0.1) is 6.54 Å². The second-order valence-electron chi connectivity index (χ2n) is 5.77. The zero-order valence-corrected chi connectivity index (χ0v) is 14.9. The van der Waals surface area contributed by atoms with Gasteiger partial charge in [-0.2, -0.15) is 12.6 Å². The molecular weight excluding hydrogens is 346 g/mol. The summed E-state index contributed by atoms with van der Waals surface area (Å²) in [5, 5.41) is 26.0. The fourth-order valence-corrected chi connectivity index (χ4v) is 2.23. The first kappa shape index (κ1) is 20.6. The van der Waals surface area contributed by atoms with Crippen molar-refractivity contribution in [2.24, 2.45) is 5.92 Å². The quantitative estimate of drug-likeness (QED) is 0.277. The molecule has 0 aromatic heterocycles. The molecule has 25 heavy (non-hydrogen) atoms. The van der Waals surface area contributed by atoms with Crippen LogP contribution in [0.3, 0.4) is 0 Å². The summed E-state index contributed by atoms with van der Waals surface area (Å²) in [4.78, 5) is 35.3. The van der Waals surface area contributed by atoms with Gasteiger partial charge in [0.15, 0.2) is 0 Å². The van der Waals surface area contributed by atoms with E-state index in [4.69, 9.17) is 5.11 Å². The lowest BCUT2D eigenvalue weighted by Crippen LogP contribution is -2.54. The Bertz CT molecular complexity index is 606. The van der Waals surface area contributed by atoms with Crippen molar-refractivity contribution < 1.29 is 24.6 Å². The van der Waals surface area contributed by atoms with Gasteiger partial charge >= 0.3 is 5.97 Å². The maximum atomic E-state index is 12.2. The fourth-order valence-electron chi connectivity index (χ4n) is 1.97. The Balaban J connectivity index is 2.55. The van der Waals surface area contributed by atoms with Crippen LogP contribution in [-0.4, -0.2) is 52.4 Å². The van der Waals surface area contributed by atoms with Crippen LogP contribution in [0.1, 0.15) is 13.8 Å². The Labute approximate surface area is 151 Å². The summed E-state index contributed by atoms with van der Waals surface area (Å²) in [7, 11) is 0. The van der Waals surface area contributed by atoms with Crippen molar-refractivity contribution >= 4 is 36.1 Å². The van der Waals surface area contributed by atoms with Crippen molar-refractivity contribution in [3.8, 4) is 5.75 Å². The number of hydrogen-bond donors (Lipinski definition) is 6. The van der Waals surface area contributed by atoms with Crippen LogP contribution < -0.4 is 16.0 Å². The molecule has 0 aliphatic heterocycles. The molecule has 138 valence electrons. The van der Waals surface area contributed by atoms with E-state index in [9.17, 15) is 19.5 Å². The number of phenols is 1. The summed E-state index contributed by atoms with van der Waals surface area (Å²) >= 11 is 4.03. The second-order valence-corrected chi connectivity index (χ2v) is 6.14. The minimum atomic E-state index is -1.14. The lowest BCUT2D eigenvalue weighted by Gasteiger charge is -2.22. The smallest absolute Gasteiger partial charge is 0.326 e. The van der Waals surface area contributed by atoms with E-state index in [1.807, 2.05) is 0 Å². The Morgan fingerprint density at radius 1 is 1.12 bits per heavy atom. The lowest BCUT2D eigenvalue weighted by molar-refractivity contribution is -0.143. The molecule has 9 heteroatoms. The van der Waals surface area contributed by atoms with Gasteiger partial charge in [-0.1, -0.05) is 13.8 Å². The number of carbonyl (C=O) groups excluding carboxylic acids is 2. The average Bonchev–Trinajstić information content (AvgIpc) is 2.56. The van der Waals surface area contributed by atoms with Crippen molar-refractivity contribution in [2.45, 2.75) is 25.9 Å². The number of thiol groups is 1. The largest absolute Gasteiger partial charge is 0.508 e. The summed E-state index contributed by atoms with van der Waals surface area (Å²) in [6.07, 6.45) is 0. The molecule has 0 aliphatic rings. The molecule has 2 unspecified atom stereocenters. The Hall–Kier alpha value is -2.42. The first-order valence-corrected chi connectivity index (χ1v) is 8.34. The fraction of sp³-hybridized carbons (Fsp3) is 0.438. The molecule has 1 rings (SSSR count). The molecule has 2 atom stereocenters. The number of carbonyl (C=O) groups is 3. The molecule has 0 spiro atoms. The number of benzene rings is 1. The number of phenolic OH excluding ortho intramolecular Hbond substituents is 1. The maximum Gasteiger partial charge on any atom is 0.326 e.